The average Bonchev–Trinajstić information content (AvgIpc) is 2.16. The Morgan fingerprint density at radius 3 is 3.00 bits per heavy atom. The zero-order valence-corrected chi connectivity index (χ0v) is 7.36. The monoisotopic (exact) mass is 178 g/mol. The first kappa shape index (κ1) is 9.49. The standard InChI is InChI=1S/C9H10N2O2/c1-13-5-4-11-3-2-8(7-10)6-9(11)12/h2-3,6H,4-5H2,1H3. The van der Waals surface area contributed by atoms with Crippen molar-refractivity contribution in [1.29, 1.82) is 5.26 Å². The van der Waals surface area contributed by atoms with E-state index in [0.29, 0.717) is 18.7 Å². The number of nitriles is 1. The Morgan fingerprint density at radius 2 is 2.46 bits per heavy atom. The van der Waals surface area contributed by atoms with Gasteiger partial charge in [-0.05, 0) is 6.07 Å². The minimum atomic E-state index is -0.170. The molecule has 1 aromatic heterocycles. The second-order valence-electron chi connectivity index (χ2n) is 2.55. The quantitative estimate of drug-likeness (QED) is 0.671. The van der Waals surface area contributed by atoms with Crippen molar-refractivity contribution >= 4 is 0 Å². The summed E-state index contributed by atoms with van der Waals surface area (Å²) in [6.07, 6.45) is 1.60. The third-order valence-corrected chi connectivity index (χ3v) is 1.66. The summed E-state index contributed by atoms with van der Waals surface area (Å²) in [5.74, 6) is 0. The van der Waals surface area contributed by atoms with Crippen LogP contribution in [-0.4, -0.2) is 18.3 Å². The zero-order valence-electron chi connectivity index (χ0n) is 7.36. The summed E-state index contributed by atoms with van der Waals surface area (Å²) in [5.41, 5.74) is 0.217. The van der Waals surface area contributed by atoms with Crippen LogP contribution in [0.2, 0.25) is 0 Å². The summed E-state index contributed by atoms with van der Waals surface area (Å²) in [6, 6.07) is 4.83. The van der Waals surface area contributed by atoms with Gasteiger partial charge in [-0.25, -0.2) is 0 Å². The lowest BCUT2D eigenvalue weighted by atomic mass is 10.3. The van der Waals surface area contributed by atoms with Gasteiger partial charge < -0.3 is 9.30 Å². The van der Waals surface area contributed by atoms with Gasteiger partial charge in [0.2, 0.25) is 0 Å². The first-order valence-corrected chi connectivity index (χ1v) is 3.87. The molecular formula is C9H10N2O2. The maximum Gasteiger partial charge on any atom is 0.251 e. The van der Waals surface area contributed by atoms with Gasteiger partial charge in [-0.15, -0.1) is 0 Å². The first-order chi connectivity index (χ1) is 6.27. The summed E-state index contributed by atoms with van der Waals surface area (Å²) < 4.78 is 6.34. The second kappa shape index (κ2) is 4.43. The lowest BCUT2D eigenvalue weighted by Gasteiger charge is -2.03. The third-order valence-electron chi connectivity index (χ3n) is 1.66. The molecule has 0 N–H and O–H groups in total. The molecule has 0 saturated carbocycles. The van der Waals surface area contributed by atoms with E-state index >= 15 is 0 Å². The summed E-state index contributed by atoms with van der Waals surface area (Å²) in [6.45, 7) is 1.01. The van der Waals surface area contributed by atoms with Crippen molar-refractivity contribution in [3.63, 3.8) is 0 Å². The van der Waals surface area contributed by atoms with Crippen LogP contribution in [0.15, 0.2) is 23.1 Å². The zero-order chi connectivity index (χ0) is 9.68. The van der Waals surface area contributed by atoms with Crippen LogP contribution < -0.4 is 5.56 Å². The highest BCUT2D eigenvalue weighted by Crippen LogP contribution is 1.91. The van der Waals surface area contributed by atoms with Crippen LogP contribution in [0.5, 0.6) is 0 Å². The van der Waals surface area contributed by atoms with E-state index in [4.69, 9.17) is 10.00 Å². The first-order valence-electron chi connectivity index (χ1n) is 3.87. The molecule has 1 aromatic rings. The fourth-order valence-electron chi connectivity index (χ4n) is 0.952. The molecule has 0 fully saturated rings. The largest absolute Gasteiger partial charge is 0.383 e. The molecule has 0 amide bonds. The van der Waals surface area contributed by atoms with Crippen molar-refractivity contribution in [2.24, 2.45) is 0 Å². The number of hydrogen-bond acceptors (Lipinski definition) is 3. The number of aromatic nitrogens is 1. The molecule has 0 radical (unpaired) electrons. The lowest BCUT2D eigenvalue weighted by Crippen LogP contribution is -2.20. The van der Waals surface area contributed by atoms with Gasteiger partial charge in [-0.3, -0.25) is 4.79 Å². The lowest BCUT2D eigenvalue weighted by molar-refractivity contribution is 0.186. The third kappa shape index (κ3) is 2.42. The van der Waals surface area contributed by atoms with Crippen LogP contribution in [0.25, 0.3) is 0 Å². The number of rotatable bonds is 3. The Hall–Kier alpha value is -1.60. The van der Waals surface area contributed by atoms with E-state index in [1.165, 1.54) is 10.6 Å². The Bertz CT molecular complexity index is 376. The van der Waals surface area contributed by atoms with Crippen molar-refractivity contribution in [2.75, 3.05) is 13.7 Å². The second-order valence-corrected chi connectivity index (χ2v) is 2.55. The van der Waals surface area contributed by atoms with E-state index in [9.17, 15) is 4.79 Å². The van der Waals surface area contributed by atoms with E-state index in [2.05, 4.69) is 0 Å². The topological polar surface area (TPSA) is 55.0 Å². The molecule has 0 saturated heterocycles. The molecule has 0 aliphatic carbocycles. The van der Waals surface area contributed by atoms with Gasteiger partial charge in [-0.2, -0.15) is 5.26 Å². The van der Waals surface area contributed by atoms with E-state index < -0.39 is 0 Å². The Morgan fingerprint density at radius 1 is 1.69 bits per heavy atom. The van der Waals surface area contributed by atoms with E-state index in [-0.39, 0.29) is 5.56 Å². The molecule has 13 heavy (non-hydrogen) atoms. The van der Waals surface area contributed by atoms with Crippen molar-refractivity contribution in [1.82, 2.24) is 4.57 Å². The molecule has 0 bridgehead atoms. The van der Waals surface area contributed by atoms with Gasteiger partial charge in [0.15, 0.2) is 0 Å². The Labute approximate surface area is 76.0 Å². The van der Waals surface area contributed by atoms with Gasteiger partial charge in [0.1, 0.15) is 0 Å². The number of ether oxygens (including phenoxy) is 1. The van der Waals surface area contributed by atoms with E-state index in [1.807, 2.05) is 6.07 Å². The van der Waals surface area contributed by atoms with Crippen LogP contribution in [0, 0.1) is 11.3 Å². The van der Waals surface area contributed by atoms with E-state index in [1.54, 1.807) is 19.4 Å². The SMILES string of the molecule is COCCn1ccc(C#N)cc1=O. The van der Waals surface area contributed by atoms with Gasteiger partial charge >= 0.3 is 0 Å². The van der Waals surface area contributed by atoms with Crippen LogP contribution in [-0.2, 0) is 11.3 Å². The van der Waals surface area contributed by atoms with Gasteiger partial charge in [0.05, 0.1) is 18.2 Å². The van der Waals surface area contributed by atoms with Crippen LogP contribution in [0.1, 0.15) is 5.56 Å². The Kier molecular flexibility index (Phi) is 3.23. The molecule has 1 rings (SSSR count). The maximum atomic E-state index is 11.3. The number of hydrogen-bond donors (Lipinski definition) is 0. The Balaban J connectivity index is 2.88. The fraction of sp³-hybridized carbons (Fsp3) is 0.333. The summed E-state index contributed by atoms with van der Waals surface area (Å²) >= 11 is 0. The van der Waals surface area contributed by atoms with Crippen molar-refractivity contribution in [2.45, 2.75) is 6.54 Å². The minimum Gasteiger partial charge on any atom is -0.383 e. The molecular weight excluding hydrogens is 168 g/mol. The van der Waals surface area contributed by atoms with Crippen molar-refractivity contribution in [3.8, 4) is 6.07 Å². The van der Waals surface area contributed by atoms with Crippen LogP contribution in [0.3, 0.4) is 0 Å². The molecule has 0 aromatic carbocycles. The van der Waals surface area contributed by atoms with Gasteiger partial charge in [0.25, 0.3) is 5.56 Å². The predicted molar refractivity (Wildman–Crippen MR) is 47.3 cm³/mol. The smallest absolute Gasteiger partial charge is 0.251 e. The van der Waals surface area contributed by atoms with Gasteiger partial charge in [0, 0.05) is 25.9 Å². The van der Waals surface area contributed by atoms with Crippen LogP contribution in [0.4, 0.5) is 0 Å². The van der Waals surface area contributed by atoms with Gasteiger partial charge in [-0.1, -0.05) is 0 Å². The van der Waals surface area contributed by atoms with Crippen molar-refractivity contribution in [3.05, 3.63) is 34.2 Å². The number of pyridine rings is 1. The molecule has 68 valence electrons. The molecule has 4 nitrogen and oxygen atoms in total. The molecule has 4 heteroatoms. The van der Waals surface area contributed by atoms with E-state index in [0.717, 1.165) is 0 Å². The summed E-state index contributed by atoms with van der Waals surface area (Å²) in [4.78, 5) is 11.3. The highest BCUT2D eigenvalue weighted by molar-refractivity contribution is 5.25. The number of nitrogens with zero attached hydrogens (tertiary/aromatic N) is 2. The summed E-state index contributed by atoms with van der Waals surface area (Å²) in [7, 11) is 1.58. The molecule has 0 aliphatic heterocycles. The van der Waals surface area contributed by atoms with Crippen LogP contribution >= 0.6 is 0 Å². The highest BCUT2D eigenvalue weighted by atomic mass is 16.5. The molecule has 0 unspecified atom stereocenters. The molecule has 0 atom stereocenters. The minimum absolute atomic E-state index is 0.170. The fourth-order valence-corrected chi connectivity index (χ4v) is 0.952. The van der Waals surface area contributed by atoms with Crippen molar-refractivity contribution < 1.29 is 4.74 Å². The maximum absolute atomic E-state index is 11.3. The molecule has 1 heterocycles. The number of methoxy groups -OCH3 is 1. The summed E-state index contributed by atoms with van der Waals surface area (Å²) in [5, 5.41) is 8.51. The average molecular weight is 178 g/mol. The predicted octanol–water partition coefficient (Wildman–Crippen LogP) is 0.366. The highest BCUT2D eigenvalue weighted by Gasteiger charge is 1.96. The normalized spacial score (nSPS) is 9.54. The molecule has 0 spiro atoms. The molecule has 0 aliphatic rings.